The molecule has 1 fully saturated rings. The fraction of sp³-hybridized carbons (Fsp3) is 0.417. The van der Waals surface area contributed by atoms with Crippen LogP contribution in [0.1, 0.15) is 36.0 Å². The smallest absolute Gasteiger partial charge is 0.128 e. The zero-order valence-electron chi connectivity index (χ0n) is 16.9. The second-order valence-corrected chi connectivity index (χ2v) is 8.64. The van der Waals surface area contributed by atoms with Crippen LogP contribution in [0.5, 0.6) is 0 Å². The van der Waals surface area contributed by atoms with E-state index < -0.39 is 5.60 Å². The minimum atomic E-state index is -1.13. The SMILES string of the molecule is Cc1ccc(/C=C2\CCCC(CN(C)C)C2(O)Cc2c(F)cccc2Cl)cc1. The van der Waals surface area contributed by atoms with E-state index in [-0.39, 0.29) is 18.2 Å². The maximum atomic E-state index is 14.5. The van der Waals surface area contributed by atoms with Crippen LogP contribution >= 0.6 is 11.6 Å². The molecule has 2 aromatic rings. The topological polar surface area (TPSA) is 23.5 Å². The summed E-state index contributed by atoms with van der Waals surface area (Å²) in [6, 6.07) is 13.0. The Morgan fingerprint density at radius 1 is 1.21 bits per heavy atom. The lowest BCUT2D eigenvalue weighted by Gasteiger charge is -2.44. The fourth-order valence-corrected chi connectivity index (χ4v) is 4.46. The van der Waals surface area contributed by atoms with Crippen LogP contribution < -0.4 is 0 Å². The Labute approximate surface area is 172 Å². The van der Waals surface area contributed by atoms with Gasteiger partial charge in [-0.05, 0) is 63.6 Å². The summed E-state index contributed by atoms with van der Waals surface area (Å²) in [5, 5.41) is 12.3. The Hall–Kier alpha value is -1.68. The lowest BCUT2D eigenvalue weighted by Crippen LogP contribution is -2.48. The summed E-state index contributed by atoms with van der Waals surface area (Å²) in [6.45, 7) is 2.80. The lowest BCUT2D eigenvalue weighted by atomic mass is 9.68. The number of aryl methyl sites for hydroxylation is 1. The van der Waals surface area contributed by atoms with Crippen LogP contribution in [0.2, 0.25) is 5.02 Å². The molecule has 0 radical (unpaired) electrons. The number of nitrogens with zero attached hydrogens (tertiary/aromatic N) is 1. The highest BCUT2D eigenvalue weighted by molar-refractivity contribution is 6.31. The normalized spacial score (nSPS) is 24.1. The molecule has 1 N–H and O–H groups in total. The van der Waals surface area contributed by atoms with E-state index in [1.165, 1.54) is 11.6 Å². The molecule has 0 heterocycles. The summed E-state index contributed by atoms with van der Waals surface area (Å²) in [4.78, 5) is 2.09. The Morgan fingerprint density at radius 2 is 1.93 bits per heavy atom. The molecule has 28 heavy (non-hydrogen) atoms. The molecule has 2 nitrogen and oxygen atoms in total. The lowest BCUT2D eigenvalue weighted by molar-refractivity contribution is -0.0128. The van der Waals surface area contributed by atoms with Crippen LogP contribution in [0.4, 0.5) is 4.39 Å². The van der Waals surface area contributed by atoms with Gasteiger partial charge in [-0.2, -0.15) is 0 Å². The van der Waals surface area contributed by atoms with Crippen molar-refractivity contribution in [1.29, 1.82) is 0 Å². The van der Waals surface area contributed by atoms with E-state index in [0.29, 0.717) is 10.6 Å². The zero-order chi connectivity index (χ0) is 20.3. The average molecular weight is 402 g/mol. The van der Waals surface area contributed by atoms with E-state index >= 15 is 0 Å². The van der Waals surface area contributed by atoms with Crippen LogP contribution in [0, 0.1) is 18.7 Å². The predicted octanol–water partition coefficient (Wildman–Crippen LogP) is 5.51. The van der Waals surface area contributed by atoms with Crippen LogP contribution in [0.25, 0.3) is 6.08 Å². The van der Waals surface area contributed by atoms with Crippen LogP contribution in [-0.4, -0.2) is 36.2 Å². The summed E-state index contributed by atoms with van der Waals surface area (Å²) in [7, 11) is 4.02. The first-order chi connectivity index (χ1) is 13.3. The third kappa shape index (κ3) is 4.65. The van der Waals surface area contributed by atoms with Crippen molar-refractivity contribution in [2.75, 3.05) is 20.6 Å². The Morgan fingerprint density at radius 3 is 2.57 bits per heavy atom. The van der Waals surface area contributed by atoms with Crippen molar-refractivity contribution >= 4 is 17.7 Å². The predicted molar refractivity (Wildman–Crippen MR) is 115 cm³/mol. The largest absolute Gasteiger partial charge is 0.385 e. The minimum Gasteiger partial charge on any atom is -0.385 e. The van der Waals surface area contributed by atoms with Gasteiger partial charge in [0, 0.05) is 29.5 Å². The van der Waals surface area contributed by atoms with Crippen molar-refractivity contribution in [3.8, 4) is 0 Å². The van der Waals surface area contributed by atoms with Crippen molar-refractivity contribution in [3.05, 3.63) is 75.6 Å². The van der Waals surface area contributed by atoms with Crippen molar-refractivity contribution in [1.82, 2.24) is 4.90 Å². The maximum absolute atomic E-state index is 14.5. The molecule has 0 aliphatic heterocycles. The van der Waals surface area contributed by atoms with Gasteiger partial charge < -0.3 is 10.0 Å². The van der Waals surface area contributed by atoms with Crippen LogP contribution in [-0.2, 0) is 6.42 Å². The van der Waals surface area contributed by atoms with Crippen molar-refractivity contribution < 1.29 is 9.50 Å². The average Bonchev–Trinajstić information content (AvgIpc) is 2.63. The third-order valence-electron chi connectivity index (χ3n) is 5.74. The third-order valence-corrected chi connectivity index (χ3v) is 6.10. The van der Waals surface area contributed by atoms with E-state index in [4.69, 9.17) is 11.6 Å². The first kappa shape index (κ1) is 21.0. The number of hydrogen-bond donors (Lipinski definition) is 1. The Kier molecular flexibility index (Phi) is 6.59. The molecule has 0 amide bonds. The summed E-state index contributed by atoms with van der Waals surface area (Å²) in [5.41, 5.74) is 2.49. The summed E-state index contributed by atoms with van der Waals surface area (Å²) in [6.07, 6.45) is 5.00. The zero-order valence-corrected chi connectivity index (χ0v) is 17.6. The second kappa shape index (κ2) is 8.77. The molecule has 1 aliphatic rings. The van der Waals surface area contributed by atoms with Gasteiger partial charge in [-0.1, -0.05) is 53.6 Å². The molecule has 150 valence electrons. The van der Waals surface area contributed by atoms with Gasteiger partial charge in [0.1, 0.15) is 5.82 Å². The molecular weight excluding hydrogens is 373 g/mol. The number of halogens is 2. The van der Waals surface area contributed by atoms with E-state index in [1.807, 2.05) is 14.1 Å². The van der Waals surface area contributed by atoms with Gasteiger partial charge in [0.2, 0.25) is 0 Å². The van der Waals surface area contributed by atoms with Crippen LogP contribution in [0.3, 0.4) is 0 Å². The highest BCUT2D eigenvalue weighted by Crippen LogP contribution is 2.43. The van der Waals surface area contributed by atoms with Gasteiger partial charge in [-0.25, -0.2) is 4.39 Å². The highest BCUT2D eigenvalue weighted by Gasteiger charge is 2.43. The maximum Gasteiger partial charge on any atom is 0.128 e. The van der Waals surface area contributed by atoms with Crippen molar-refractivity contribution in [2.45, 2.75) is 38.2 Å². The van der Waals surface area contributed by atoms with E-state index in [1.54, 1.807) is 12.1 Å². The van der Waals surface area contributed by atoms with Gasteiger partial charge in [-0.15, -0.1) is 0 Å². The van der Waals surface area contributed by atoms with Gasteiger partial charge in [0.05, 0.1) is 5.60 Å². The molecule has 1 aliphatic carbocycles. The molecule has 1 saturated carbocycles. The number of hydrogen-bond acceptors (Lipinski definition) is 2. The van der Waals surface area contributed by atoms with Gasteiger partial charge >= 0.3 is 0 Å². The standard InChI is InChI=1S/C24H29ClFNO/c1-17-10-12-18(13-11-17)14-19-6-4-7-20(16-27(2)3)24(19,28)15-21-22(25)8-5-9-23(21)26/h5,8-14,20,28H,4,6-7,15-16H2,1-3H3/b19-14+. The molecule has 2 aromatic carbocycles. The number of rotatable bonds is 5. The number of benzene rings is 2. The molecule has 2 atom stereocenters. The first-order valence-corrected chi connectivity index (χ1v) is 10.2. The molecule has 0 saturated heterocycles. The van der Waals surface area contributed by atoms with Gasteiger partial charge in [-0.3, -0.25) is 0 Å². The first-order valence-electron chi connectivity index (χ1n) is 9.87. The number of aliphatic hydroxyl groups is 1. The molecule has 3 rings (SSSR count). The summed E-state index contributed by atoms with van der Waals surface area (Å²) < 4.78 is 14.5. The van der Waals surface area contributed by atoms with Gasteiger partial charge in [0.15, 0.2) is 0 Å². The van der Waals surface area contributed by atoms with Crippen LogP contribution in [0.15, 0.2) is 48.0 Å². The quantitative estimate of drug-likeness (QED) is 0.714. The second-order valence-electron chi connectivity index (χ2n) is 8.23. The molecule has 0 spiro atoms. The fourth-order valence-electron chi connectivity index (χ4n) is 4.23. The molecule has 0 bridgehead atoms. The molecule has 2 unspecified atom stereocenters. The summed E-state index contributed by atoms with van der Waals surface area (Å²) >= 11 is 6.31. The van der Waals surface area contributed by atoms with E-state index in [9.17, 15) is 9.50 Å². The Bertz CT molecular complexity index is 826. The van der Waals surface area contributed by atoms with E-state index in [2.05, 4.69) is 42.2 Å². The molecule has 0 aromatic heterocycles. The minimum absolute atomic E-state index is 0.0172. The van der Waals surface area contributed by atoms with Crippen molar-refractivity contribution in [3.63, 3.8) is 0 Å². The molecule has 4 heteroatoms. The van der Waals surface area contributed by atoms with E-state index in [0.717, 1.165) is 36.9 Å². The Balaban J connectivity index is 2.04. The monoisotopic (exact) mass is 401 g/mol. The van der Waals surface area contributed by atoms with Gasteiger partial charge in [0.25, 0.3) is 0 Å². The summed E-state index contributed by atoms with van der Waals surface area (Å²) in [5.74, 6) is -0.339. The highest BCUT2D eigenvalue weighted by atomic mass is 35.5. The molecular formula is C24H29ClFNO. The van der Waals surface area contributed by atoms with Crippen molar-refractivity contribution in [2.24, 2.45) is 5.92 Å².